The van der Waals surface area contributed by atoms with Crippen LogP contribution in [0.5, 0.6) is 0 Å². The number of hydrogen-bond donors (Lipinski definition) is 0. The van der Waals surface area contributed by atoms with Crippen LogP contribution in [-0.2, 0) is 5.41 Å². The average Bonchev–Trinajstić information content (AvgIpc) is 3.31. The van der Waals surface area contributed by atoms with Gasteiger partial charge < -0.3 is 0 Å². The van der Waals surface area contributed by atoms with Crippen molar-refractivity contribution in [2.24, 2.45) is 5.41 Å². The van der Waals surface area contributed by atoms with Gasteiger partial charge in [0.1, 0.15) is 0 Å². The molecule has 29 heavy (non-hydrogen) atoms. The van der Waals surface area contributed by atoms with Crippen LogP contribution in [0.2, 0.25) is 0 Å². The maximum atomic E-state index is 4.62. The summed E-state index contributed by atoms with van der Waals surface area (Å²) in [4.78, 5) is 0. The first-order chi connectivity index (χ1) is 14.0. The molecule has 0 saturated carbocycles. The predicted octanol–water partition coefficient (Wildman–Crippen LogP) is 7.76. The molecule has 1 unspecified atom stereocenters. The Balaban J connectivity index is 1.80. The van der Waals surface area contributed by atoms with Gasteiger partial charge in [0.05, 0.1) is 0 Å². The lowest BCUT2D eigenvalue weighted by Gasteiger charge is -2.50. The molecule has 0 fully saturated rings. The molecule has 1 atom stereocenters. The van der Waals surface area contributed by atoms with Crippen molar-refractivity contribution < 1.29 is 0 Å². The van der Waals surface area contributed by atoms with Gasteiger partial charge in [0.15, 0.2) is 0 Å². The minimum Gasteiger partial charge on any atom is -0.0986 e. The highest BCUT2D eigenvalue weighted by Gasteiger charge is 2.54. The SMILES string of the molecule is C=C(CC)C1(C(C)(C)C2c3ccccc3-c3ccccc32)C=Cc2ccccc21. The fourth-order valence-corrected chi connectivity index (χ4v) is 6.07. The van der Waals surface area contributed by atoms with Crippen molar-refractivity contribution in [1.82, 2.24) is 0 Å². The molecule has 5 rings (SSSR count). The van der Waals surface area contributed by atoms with Gasteiger partial charge >= 0.3 is 0 Å². The Labute approximate surface area is 174 Å². The smallest absolute Gasteiger partial charge is 0.0408 e. The van der Waals surface area contributed by atoms with Crippen LogP contribution in [0.3, 0.4) is 0 Å². The molecule has 3 aromatic rings. The lowest BCUT2D eigenvalue weighted by molar-refractivity contribution is 0.213. The molecule has 0 heteroatoms. The van der Waals surface area contributed by atoms with Crippen LogP contribution in [0.25, 0.3) is 17.2 Å². The van der Waals surface area contributed by atoms with Crippen molar-refractivity contribution in [3.8, 4) is 11.1 Å². The molecule has 0 nitrogen and oxygen atoms in total. The summed E-state index contributed by atoms with van der Waals surface area (Å²) in [5, 5.41) is 0. The Hall–Kier alpha value is -2.86. The fraction of sp³-hybridized carbons (Fsp3) is 0.241. The zero-order valence-electron chi connectivity index (χ0n) is 17.6. The zero-order valence-corrected chi connectivity index (χ0v) is 17.6. The molecular formula is C29H28. The molecule has 0 radical (unpaired) electrons. The molecule has 2 aliphatic carbocycles. The Morgan fingerprint density at radius 3 is 2.03 bits per heavy atom. The Morgan fingerprint density at radius 1 is 0.862 bits per heavy atom. The monoisotopic (exact) mass is 376 g/mol. The summed E-state index contributed by atoms with van der Waals surface area (Å²) < 4.78 is 0. The van der Waals surface area contributed by atoms with Gasteiger partial charge in [0, 0.05) is 11.3 Å². The quantitative estimate of drug-likeness (QED) is 0.408. The number of benzene rings is 3. The minimum atomic E-state index is -0.187. The van der Waals surface area contributed by atoms with Crippen LogP contribution in [0.15, 0.2) is 91.0 Å². The molecule has 0 bridgehead atoms. The second-order valence-electron chi connectivity index (χ2n) is 9.01. The van der Waals surface area contributed by atoms with Crippen molar-refractivity contribution in [1.29, 1.82) is 0 Å². The van der Waals surface area contributed by atoms with E-state index in [0.717, 1.165) is 6.42 Å². The third-order valence-corrected chi connectivity index (χ3v) is 7.45. The summed E-state index contributed by atoms with van der Waals surface area (Å²) in [6, 6.07) is 26.8. The van der Waals surface area contributed by atoms with E-state index < -0.39 is 0 Å². The number of allylic oxidation sites excluding steroid dienone is 2. The Morgan fingerprint density at radius 2 is 1.41 bits per heavy atom. The third kappa shape index (κ3) is 2.26. The van der Waals surface area contributed by atoms with Crippen LogP contribution in [0, 0.1) is 5.41 Å². The standard InChI is InChI=1S/C29H28/c1-5-20(2)29(19-18-21-12-6-11-17-26(21)29)28(3,4)27-24-15-9-7-13-22(24)23-14-8-10-16-25(23)27/h6-19,27H,2,5H2,1,3-4H3. The van der Waals surface area contributed by atoms with Crippen LogP contribution < -0.4 is 0 Å². The molecular weight excluding hydrogens is 348 g/mol. The van der Waals surface area contributed by atoms with E-state index in [4.69, 9.17) is 0 Å². The number of hydrogen-bond acceptors (Lipinski definition) is 0. The van der Waals surface area contributed by atoms with E-state index in [1.807, 2.05) is 0 Å². The van der Waals surface area contributed by atoms with Crippen LogP contribution in [0.4, 0.5) is 0 Å². The van der Waals surface area contributed by atoms with E-state index in [1.54, 1.807) is 0 Å². The first-order valence-corrected chi connectivity index (χ1v) is 10.7. The highest BCUT2D eigenvalue weighted by atomic mass is 14.6. The van der Waals surface area contributed by atoms with E-state index in [9.17, 15) is 0 Å². The zero-order chi connectivity index (χ0) is 20.2. The van der Waals surface area contributed by atoms with Crippen molar-refractivity contribution in [2.45, 2.75) is 38.5 Å². The van der Waals surface area contributed by atoms with E-state index in [1.165, 1.54) is 39.0 Å². The highest BCUT2D eigenvalue weighted by molar-refractivity contribution is 5.80. The van der Waals surface area contributed by atoms with Gasteiger partial charge in [-0.3, -0.25) is 0 Å². The number of fused-ring (bicyclic) bond motifs is 4. The molecule has 0 saturated heterocycles. The van der Waals surface area contributed by atoms with Crippen LogP contribution in [0.1, 0.15) is 55.4 Å². The van der Waals surface area contributed by atoms with E-state index in [2.05, 4.69) is 112 Å². The summed E-state index contributed by atoms with van der Waals surface area (Å²) in [5.41, 5.74) is 9.42. The van der Waals surface area contributed by atoms with Crippen LogP contribution in [-0.4, -0.2) is 0 Å². The Bertz CT molecular complexity index is 1100. The molecule has 3 aromatic carbocycles. The van der Waals surface area contributed by atoms with Gasteiger partial charge in [-0.05, 0) is 45.2 Å². The third-order valence-electron chi connectivity index (χ3n) is 7.45. The predicted molar refractivity (Wildman–Crippen MR) is 124 cm³/mol. The normalized spacial score (nSPS) is 19.7. The largest absolute Gasteiger partial charge is 0.0986 e. The molecule has 0 spiro atoms. The summed E-state index contributed by atoms with van der Waals surface area (Å²) in [5.74, 6) is 0.314. The number of rotatable bonds is 4. The summed E-state index contributed by atoms with van der Waals surface area (Å²) in [7, 11) is 0. The Kier molecular flexibility index (Phi) is 3.96. The molecule has 0 aromatic heterocycles. The van der Waals surface area contributed by atoms with Crippen molar-refractivity contribution in [3.05, 3.63) is 113 Å². The first kappa shape index (κ1) is 18.2. The fourth-order valence-electron chi connectivity index (χ4n) is 6.07. The van der Waals surface area contributed by atoms with E-state index in [0.29, 0.717) is 5.92 Å². The molecule has 0 aliphatic heterocycles. The van der Waals surface area contributed by atoms with Gasteiger partial charge in [-0.1, -0.05) is 118 Å². The molecule has 144 valence electrons. The summed E-state index contributed by atoms with van der Waals surface area (Å²) in [6.45, 7) is 11.8. The van der Waals surface area contributed by atoms with Gasteiger partial charge in [-0.25, -0.2) is 0 Å². The van der Waals surface area contributed by atoms with Crippen molar-refractivity contribution in [2.75, 3.05) is 0 Å². The minimum absolute atomic E-state index is 0.0775. The lowest BCUT2D eigenvalue weighted by Crippen LogP contribution is -2.44. The van der Waals surface area contributed by atoms with Gasteiger partial charge in [-0.2, -0.15) is 0 Å². The molecule has 0 amide bonds. The van der Waals surface area contributed by atoms with Crippen LogP contribution >= 0.6 is 0 Å². The van der Waals surface area contributed by atoms with E-state index >= 15 is 0 Å². The molecule has 0 N–H and O–H groups in total. The second-order valence-corrected chi connectivity index (χ2v) is 9.01. The van der Waals surface area contributed by atoms with E-state index in [-0.39, 0.29) is 10.8 Å². The van der Waals surface area contributed by atoms with Gasteiger partial charge in [0.2, 0.25) is 0 Å². The topological polar surface area (TPSA) is 0 Å². The molecule has 2 aliphatic rings. The second kappa shape index (κ2) is 6.32. The highest BCUT2D eigenvalue weighted by Crippen LogP contribution is 2.63. The van der Waals surface area contributed by atoms with Gasteiger partial charge in [-0.15, -0.1) is 0 Å². The maximum Gasteiger partial charge on any atom is 0.0408 e. The maximum absolute atomic E-state index is 4.62. The molecule has 0 heterocycles. The van der Waals surface area contributed by atoms with Crippen molar-refractivity contribution in [3.63, 3.8) is 0 Å². The summed E-state index contributed by atoms with van der Waals surface area (Å²) in [6.07, 6.45) is 5.72. The van der Waals surface area contributed by atoms with Gasteiger partial charge in [0.25, 0.3) is 0 Å². The lowest BCUT2D eigenvalue weighted by atomic mass is 9.52. The first-order valence-electron chi connectivity index (χ1n) is 10.7. The summed E-state index contributed by atoms with van der Waals surface area (Å²) >= 11 is 0. The average molecular weight is 377 g/mol. The van der Waals surface area contributed by atoms with Crippen molar-refractivity contribution >= 4 is 6.08 Å².